The van der Waals surface area contributed by atoms with Crippen molar-refractivity contribution in [3.05, 3.63) is 0 Å². The van der Waals surface area contributed by atoms with Gasteiger partial charge in [-0.2, -0.15) is 29.9 Å². The van der Waals surface area contributed by atoms with Crippen LogP contribution in [0.3, 0.4) is 0 Å². The first-order valence-corrected chi connectivity index (χ1v) is 4.42. The van der Waals surface area contributed by atoms with Gasteiger partial charge in [0.05, 0.1) is 0 Å². The molecular weight excluding hydrogens is 240 g/mol. The van der Waals surface area contributed by atoms with Crippen molar-refractivity contribution in [1.29, 1.82) is 0 Å². The number of nitrogens with two attached hydrogens (primary N) is 6. The van der Waals surface area contributed by atoms with Crippen molar-refractivity contribution in [2.75, 3.05) is 34.4 Å². The molecule has 0 radical (unpaired) electrons. The minimum absolute atomic E-state index is 0.0417. The molecule has 2 rings (SSSR count). The van der Waals surface area contributed by atoms with Gasteiger partial charge < -0.3 is 34.4 Å². The normalized spacial score (nSPS) is 9.33. The van der Waals surface area contributed by atoms with E-state index in [1.807, 2.05) is 0 Å². The lowest BCUT2D eigenvalue weighted by atomic mass is 10.9. The minimum Gasteiger partial charge on any atom is -0.368 e. The lowest BCUT2D eigenvalue weighted by molar-refractivity contribution is 1.09. The Bertz CT molecular complexity index is 388. The molecule has 12 nitrogen and oxygen atoms in total. The lowest BCUT2D eigenvalue weighted by Gasteiger charge is -1.93. The molecule has 0 atom stereocenters. The molecule has 0 saturated heterocycles. The third kappa shape index (κ3) is 4.13. The van der Waals surface area contributed by atoms with Crippen LogP contribution in [0.1, 0.15) is 0 Å². The van der Waals surface area contributed by atoms with E-state index in [-0.39, 0.29) is 35.7 Å². The summed E-state index contributed by atoms with van der Waals surface area (Å²) in [6, 6.07) is 0. The molecule has 12 N–H and O–H groups in total. The summed E-state index contributed by atoms with van der Waals surface area (Å²) >= 11 is 0. The number of nitrogens with zero attached hydrogens (tertiary/aromatic N) is 6. The topological polar surface area (TPSA) is 233 Å². The molecule has 0 amide bonds. The number of nitrogen functional groups attached to an aromatic ring is 6. The van der Waals surface area contributed by atoms with Crippen LogP contribution in [-0.4, -0.2) is 29.9 Å². The highest BCUT2D eigenvalue weighted by molar-refractivity contribution is 5.33. The maximum Gasteiger partial charge on any atom is 0.226 e. The van der Waals surface area contributed by atoms with Crippen LogP contribution >= 0.6 is 0 Å². The summed E-state index contributed by atoms with van der Waals surface area (Å²) < 4.78 is 0. The van der Waals surface area contributed by atoms with E-state index >= 15 is 0 Å². The quantitative estimate of drug-likeness (QED) is 0.279. The highest BCUT2D eigenvalue weighted by Gasteiger charge is 1.94. The van der Waals surface area contributed by atoms with E-state index in [1.165, 1.54) is 0 Å². The molecule has 0 saturated carbocycles. The molecule has 2 aromatic rings. The maximum atomic E-state index is 5.14. The Balaban J connectivity index is 0.000000180. The summed E-state index contributed by atoms with van der Waals surface area (Å²) in [5.41, 5.74) is 30.8. The smallest absolute Gasteiger partial charge is 0.226 e. The van der Waals surface area contributed by atoms with E-state index in [0.29, 0.717) is 0 Å². The fraction of sp³-hybridized carbons (Fsp3) is 0. The van der Waals surface area contributed by atoms with Crippen LogP contribution in [0.15, 0.2) is 0 Å². The standard InChI is InChI=1S/2C3H6N6/c2*4-1-7-2(5)9-3(6)8-1/h2*(H6,4,5,6,7,8,9). The summed E-state index contributed by atoms with van der Waals surface area (Å²) in [7, 11) is 0. The SMILES string of the molecule is Nc1nc(N)nc(N)n1.Nc1nc(N)nc(N)n1. The van der Waals surface area contributed by atoms with Crippen molar-refractivity contribution in [1.82, 2.24) is 29.9 Å². The van der Waals surface area contributed by atoms with Crippen molar-refractivity contribution in [2.45, 2.75) is 0 Å². The molecule has 2 heterocycles. The van der Waals surface area contributed by atoms with E-state index < -0.39 is 0 Å². The van der Waals surface area contributed by atoms with Crippen LogP contribution in [0.5, 0.6) is 0 Å². The molecule has 18 heavy (non-hydrogen) atoms. The van der Waals surface area contributed by atoms with Crippen LogP contribution in [0.2, 0.25) is 0 Å². The predicted octanol–water partition coefficient (Wildman–Crippen LogP) is -2.76. The molecule has 96 valence electrons. The molecule has 0 aromatic carbocycles. The van der Waals surface area contributed by atoms with Crippen LogP contribution in [-0.2, 0) is 0 Å². The Hall–Kier alpha value is -3.18. The maximum absolute atomic E-state index is 5.14. The van der Waals surface area contributed by atoms with E-state index in [1.54, 1.807) is 0 Å². The molecule has 0 spiro atoms. The van der Waals surface area contributed by atoms with Crippen LogP contribution in [0, 0.1) is 0 Å². The largest absolute Gasteiger partial charge is 0.368 e. The fourth-order valence-electron chi connectivity index (χ4n) is 0.854. The summed E-state index contributed by atoms with van der Waals surface area (Å²) in [5.74, 6) is 0.250. The summed E-state index contributed by atoms with van der Waals surface area (Å²) in [5, 5.41) is 0. The molecule has 0 aliphatic rings. The fourth-order valence-corrected chi connectivity index (χ4v) is 0.854. The van der Waals surface area contributed by atoms with Gasteiger partial charge in [-0.05, 0) is 0 Å². The van der Waals surface area contributed by atoms with Crippen molar-refractivity contribution >= 4 is 35.7 Å². The average molecular weight is 252 g/mol. The Kier molecular flexibility index (Phi) is 3.75. The Labute approximate surface area is 101 Å². The second-order valence-electron chi connectivity index (χ2n) is 2.82. The Morgan fingerprint density at radius 3 is 0.556 bits per heavy atom. The summed E-state index contributed by atoms with van der Waals surface area (Å²) in [6.45, 7) is 0. The molecule has 2 aromatic heterocycles. The van der Waals surface area contributed by atoms with Gasteiger partial charge in [-0.15, -0.1) is 0 Å². The van der Waals surface area contributed by atoms with Crippen molar-refractivity contribution < 1.29 is 0 Å². The Morgan fingerprint density at radius 1 is 0.333 bits per heavy atom. The Morgan fingerprint density at radius 2 is 0.444 bits per heavy atom. The van der Waals surface area contributed by atoms with Gasteiger partial charge in [-0.3, -0.25) is 0 Å². The van der Waals surface area contributed by atoms with E-state index in [9.17, 15) is 0 Å². The zero-order chi connectivity index (χ0) is 13.7. The summed E-state index contributed by atoms with van der Waals surface area (Å²) in [6.07, 6.45) is 0. The van der Waals surface area contributed by atoms with E-state index in [4.69, 9.17) is 34.4 Å². The predicted molar refractivity (Wildman–Crippen MR) is 66.1 cm³/mol. The molecule has 0 aliphatic carbocycles. The van der Waals surface area contributed by atoms with Crippen LogP contribution in [0.25, 0.3) is 0 Å². The lowest BCUT2D eigenvalue weighted by Crippen LogP contribution is -2.05. The molecule has 0 bridgehead atoms. The zero-order valence-corrected chi connectivity index (χ0v) is 9.15. The van der Waals surface area contributed by atoms with Gasteiger partial charge in [0, 0.05) is 0 Å². The van der Waals surface area contributed by atoms with Gasteiger partial charge in [0.1, 0.15) is 0 Å². The first-order chi connectivity index (χ1) is 8.36. The van der Waals surface area contributed by atoms with Crippen LogP contribution in [0.4, 0.5) is 35.7 Å². The minimum atomic E-state index is 0.0417. The molecule has 0 aliphatic heterocycles. The monoisotopic (exact) mass is 252 g/mol. The zero-order valence-electron chi connectivity index (χ0n) is 9.15. The van der Waals surface area contributed by atoms with Gasteiger partial charge in [0.2, 0.25) is 35.7 Å². The second-order valence-corrected chi connectivity index (χ2v) is 2.82. The first kappa shape index (κ1) is 12.9. The van der Waals surface area contributed by atoms with E-state index in [2.05, 4.69) is 29.9 Å². The number of anilines is 6. The number of rotatable bonds is 0. The van der Waals surface area contributed by atoms with Gasteiger partial charge in [0.25, 0.3) is 0 Å². The second kappa shape index (κ2) is 5.24. The number of hydrogen-bond donors (Lipinski definition) is 6. The average Bonchev–Trinajstić information content (AvgIpc) is 2.12. The molecular formula is C6H12N12. The van der Waals surface area contributed by atoms with Crippen molar-refractivity contribution in [2.24, 2.45) is 0 Å². The van der Waals surface area contributed by atoms with Gasteiger partial charge in [-0.1, -0.05) is 0 Å². The molecule has 0 fully saturated rings. The third-order valence-electron chi connectivity index (χ3n) is 1.37. The van der Waals surface area contributed by atoms with Gasteiger partial charge >= 0.3 is 0 Å². The van der Waals surface area contributed by atoms with E-state index in [0.717, 1.165) is 0 Å². The van der Waals surface area contributed by atoms with Crippen molar-refractivity contribution in [3.63, 3.8) is 0 Å². The first-order valence-electron chi connectivity index (χ1n) is 4.42. The molecule has 0 unspecified atom stereocenters. The van der Waals surface area contributed by atoms with Gasteiger partial charge in [0.15, 0.2) is 0 Å². The number of aromatic nitrogens is 6. The highest BCUT2D eigenvalue weighted by atomic mass is 15.2. The van der Waals surface area contributed by atoms with Crippen LogP contribution < -0.4 is 34.4 Å². The number of hydrogen-bond acceptors (Lipinski definition) is 12. The summed E-state index contributed by atoms with van der Waals surface area (Å²) in [4.78, 5) is 20.9. The molecule has 12 heteroatoms. The van der Waals surface area contributed by atoms with Gasteiger partial charge in [-0.25, -0.2) is 0 Å². The van der Waals surface area contributed by atoms with Crippen molar-refractivity contribution in [3.8, 4) is 0 Å². The highest BCUT2D eigenvalue weighted by Crippen LogP contribution is 1.97. The third-order valence-corrected chi connectivity index (χ3v) is 1.37.